The van der Waals surface area contributed by atoms with Crippen molar-refractivity contribution in [1.29, 1.82) is 0 Å². The number of rotatable bonds is 6. The van der Waals surface area contributed by atoms with E-state index < -0.39 is 0 Å². The summed E-state index contributed by atoms with van der Waals surface area (Å²) >= 11 is 0. The molecule has 26 heavy (non-hydrogen) atoms. The molecule has 8 heteroatoms. The number of aryl methyl sites for hydroxylation is 1. The van der Waals surface area contributed by atoms with Crippen LogP contribution in [0.5, 0.6) is 0 Å². The highest BCUT2D eigenvalue weighted by molar-refractivity contribution is 5.38. The number of para-hydroxylation sites is 1. The molecule has 1 aliphatic heterocycles. The Labute approximate surface area is 151 Å². The number of tetrazole rings is 1. The highest BCUT2D eigenvalue weighted by atomic mass is 16.5. The molecule has 3 aromatic rings. The van der Waals surface area contributed by atoms with Crippen molar-refractivity contribution in [3.05, 3.63) is 54.0 Å². The van der Waals surface area contributed by atoms with Crippen molar-refractivity contribution >= 4 is 5.95 Å². The summed E-state index contributed by atoms with van der Waals surface area (Å²) in [6, 6.07) is 14.0. The normalized spacial score (nSPS) is 16.5. The Morgan fingerprint density at radius 2 is 1.92 bits per heavy atom. The Bertz CT molecular complexity index is 825. The number of morpholine rings is 1. The van der Waals surface area contributed by atoms with Gasteiger partial charge in [-0.1, -0.05) is 23.3 Å². The molecule has 1 aromatic carbocycles. The van der Waals surface area contributed by atoms with Crippen molar-refractivity contribution < 1.29 is 9.15 Å². The molecule has 1 unspecified atom stereocenters. The lowest BCUT2D eigenvalue weighted by atomic mass is 10.1. The number of nitrogens with zero attached hydrogens (tertiary/aromatic N) is 5. The highest BCUT2D eigenvalue weighted by Gasteiger charge is 2.25. The molecule has 1 N–H and O–H groups in total. The summed E-state index contributed by atoms with van der Waals surface area (Å²) in [4.78, 5) is 2.37. The Kier molecular flexibility index (Phi) is 4.94. The van der Waals surface area contributed by atoms with Gasteiger partial charge in [-0.25, -0.2) is 0 Å². The first-order valence-electron chi connectivity index (χ1n) is 8.77. The first kappa shape index (κ1) is 16.7. The molecular formula is C18H22N6O2. The van der Waals surface area contributed by atoms with E-state index in [-0.39, 0.29) is 6.04 Å². The summed E-state index contributed by atoms with van der Waals surface area (Å²) in [6.45, 7) is 5.81. The lowest BCUT2D eigenvalue weighted by molar-refractivity contribution is 0.0143. The molecule has 0 amide bonds. The van der Waals surface area contributed by atoms with Crippen LogP contribution in [0.3, 0.4) is 0 Å². The molecule has 0 spiro atoms. The van der Waals surface area contributed by atoms with Gasteiger partial charge in [-0.2, -0.15) is 4.68 Å². The van der Waals surface area contributed by atoms with Crippen LogP contribution in [-0.4, -0.2) is 58.0 Å². The lowest BCUT2D eigenvalue weighted by Crippen LogP contribution is -2.41. The monoisotopic (exact) mass is 354 g/mol. The van der Waals surface area contributed by atoms with Gasteiger partial charge in [0.1, 0.15) is 11.5 Å². The third-order valence-corrected chi connectivity index (χ3v) is 4.50. The quantitative estimate of drug-likeness (QED) is 0.725. The number of hydrogen-bond donors (Lipinski definition) is 1. The van der Waals surface area contributed by atoms with Crippen LogP contribution in [0.15, 0.2) is 46.9 Å². The van der Waals surface area contributed by atoms with E-state index in [2.05, 4.69) is 25.7 Å². The third kappa shape index (κ3) is 3.61. The van der Waals surface area contributed by atoms with Gasteiger partial charge in [0.25, 0.3) is 0 Å². The van der Waals surface area contributed by atoms with Gasteiger partial charge in [-0.3, -0.25) is 4.90 Å². The van der Waals surface area contributed by atoms with Gasteiger partial charge in [0.2, 0.25) is 5.95 Å². The average Bonchev–Trinajstić information content (AvgIpc) is 3.33. The van der Waals surface area contributed by atoms with E-state index in [0.717, 1.165) is 43.5 Å². The van der Waals surface area contributed by atoms with E-state index in [4.69, 9.17) is 9.15 Å². The van der Waals surface area contributed by atoms with E-state index >= 15 is 0 Å². The number of benzene rings is 1. The van der Waals surface area contributed by atoms with Crippen LogP contribution >= 0.6 is 0 Å². The fourth-order valence-corrected chi connectivity index (χ4v) is 3.16. The number of nitrogens with one attached hydrogen (secondary N) is 1. The average molecular weight is 354 g/mol. The molecule has 1 fully saturated rings. The molecule has 4 rings (SSSR count). The zero-order chi connectivity index (χ0) is 17.8. The summed E-state index contributed by atoms with van der Waals surface area (Å²) in [5.41, 5.74) is 0.914. The number of anilines is 1. The second-order valence-corrected chi connectivity index (χ2v) is 6.24. The maximum Gasteiger partial charge on any atom is 0.247 e. The van der Waals surface area contributed by atoms with E-state index in [1.165, 1.54) is 0 Å². The maximum atomic E-state index is 5.90. The molecule has 1 atom stereocenters. The van der Waals surface area contributed by atoms with Crippen LogP contribution in [0.1, 0.15) is 17.6 Å². The molecule has 0 aliphatic carbocycles. The Hall–Kier alpha value is -2.71. The number of hydrogen-bond acceptors (Lipinski definition) is 7. The van der Waals surface area contributed by atoms with E-state index in [0.29, 0.717) is 12.5 Å². The third-order valence-electron chi connectivity index (χ3n) is 4.50. The second-order valence-electron chi connectivity index (χ2n) is 6.24. The molecule has 0 radical (unpaired) electrons. The molecule has 3 heterocycles. The van der Waals surface area contributed by atoms with Gasteiger partial charge in [-0.05, 0) is 41.6 Å². The molecule has 0 saturated carbocycles. The smallest absolute Gasteiger partial charge is 0.247 e. The predicted octanol–water partition coefficient (Wildman–Crippen LogP) is 2.05. The van der Waals surface area contributed by atoms with Crippen molar-refractivity contribution in [2.75, 3.05) is 38.2 Å². The molecule has 2 aromatic heterocycles. The second kappa shape index (κ2) is 7.67. The molecule has 1 aliphatic rings. The number of aromatic nitrogens is 4. The van der Waals surface area contributed by atoms with Gasteiger partial charge in [-0.15, -0.1) is 0 Å². The van der Waals surface area contributed by atoms with Crippen LogP contribution in [0.25, 0.3) is 5.69 Å². The first-order valence-corrected chi connectivity index (χ1v) is 8.77. The summed E-state index contributed by atoms with van der Waals surface area (Å²) in [5.74, 6) is 2.46. The van der Waals surface area contributed by atoms with Crippen LogP contribution in [-0.2, 0) is 4.74 Å². The van der Waals surface area contributed by atoms with E-state index in [1.54, 1.807) is 4.68 Å². The van der Waals surface area contributed by atoms with Crippen molar-refractivity contribution in [2.24, 2.45) is 0 Å². The van der Waals surface area contributed by atoms with Crippen molar-refractivity contribution in [3.8, 4) is 5.69 Å². The summed E-state index contributed by atoms with van der Waals surface area (Å²) in [7, 11) is 0. The van der Waals surface area contributed by atoms with Crippen LogP contribution in [0, 0.1) is 6.92 Å². The fourth-order valence-electron chi connectivity index (χ4n) is 3.16. The van der Waals surface area contributed by atoms with Gasteiger partial charge >= 0.3 is 0 Å². The lowest BCUT2D eigenvalue weighted by Gasteiger charge is -2.33. The van der Waals surface area contributed by atoms with Crippen LogP contribution in [0.2, 0.25) is 0 Å². The zero-order valence-electron chi connectivity index (χ0n) is 14.7. The number of furan rings is 1. The Morgan fingerprint density at radius 3 is 2.65 bits per heavy atom. The predicted molar refractivity (Wildman–Crippen MR) is 96.2 cm³/mol. The SMILES string of the molecule is Cc1ccc(C(CNc2nnnn2-c2ccccc2)N2CCOCC2)o1. The van der Waals surface area contributed by atoms with Crippen molar-refractivity contribution in [2.45, 2.75) is 13.0 Å². The van der Waals surface area contributed by atoms with Crippen LogP contribution in [0.4, 0.5) is 5.95 Å². The fraction of sp³-hybridized carbons (Fsp3) is 0.389. The molecule has 1 saturated heterocycles. The molecule has 8 nitrogen and oxygen atoms in total. The molecule has 0 bridgehead atoms. The van der Waals surface area contributed by atoms with Gasteiger partial charge in [0, 0.05) is 19.6 Å². The van der Waals surface area contributed by atoms with Crippen molar-refractivity contribution in [1.82, 2.24) is 25.1 Å². The van der Waals surface area contributed by atoms with E-state index in [1.807, 2.05) is 49.4 Å². The highest BCUT2D eigenvalue weighted by Crippen LogP contribution is 2.24. The van der Waals surface area contributed by atoms with Gasteiger partial charge < -0.3 is 14.5 Å². The topological polar surface area (TPSA) is 81.2 Å². The summed E-state index contributed by atoms with van der Waals surface area (Å²) in [5, 5.41) is 15.4. The standard InChI is InChI=1S/C18H22N6O2/c1-14-7-8-17(26-14)16(23-9-11-25-12-10-23)13-19-18-20-21-22-24(18)15-5-3-2-4-6-15/h2-8,16H,9-13H2,1H3,(H,19,20,22). The summed E-state index contributed by atoms with van der Waals surface area (Å²) < 4.78 is 13.1. The molecule has 136 valence electrons. The summed E-state index contributed by atoms with van der Waals surface area (Å²) in [6.07, 6.45) is 0. The Morgan fingerprint density at radius 1 is 1.12 bits per heavy atom. The largest absolute Gasteiger partial charge is 0.465 e. The zero-order valence-corrected chi connectivity index (χ0v) is 14.7. The minimum atomic E-state index is 0.0912. The molecular weight excluding hydrogens is 332 g/mol. The Balaban J connectivity index is 1.53. The van der Waals surface area contributed by atoms with Gasteiger partial charge in [0.05, 0.1) is 24.9 Å². The van der Waals surface area contributed by atoms with E-state index in [9.17, 15) is 0 Å². The minimum absolute atomic E-state index is 0.0912. The number of ether oxygens (including phenoxy) is 1. The first-order chi connectivity index (χ1) is 12.8. The van der Waals surface area contributed by atoms with Crippen molar-refractivity contribution in [3.63, 3.8) is 0 Å². The minimum Gasteiger partial charge on any atom is -0.465 e. The maximum absolute atomic E-state index is 5.90. The van der Waals surface area contributed by atoms with Gasteiger partial charge in [0.15, 0.2) is 0 Å². The van der Waals surface area contributed by atoms with Crippen LogP contribution < -0.4 is 5.32 Å².